The van der Waals surface area contributed by atoms with Crippen molar-refractivity contribution in [3.63, 3.8) is 0 Å². The van der Waals surface area contributed by atoms with E-state index in [1.165, 1.54) is 29.0 Å². The number of rotatable bonds is 5. The first-order valence-corrected chi connectivity index (χ1v) is 9.43. The Morgan fingerprint density at radius 1 is 1.37 bits per heavy atom. The quantitative estimate of drug-likeness (QED) is 0.736. The lowest BCUT2D eigenvalue weighted by Crippen LogP contribution is -2.30. The molecule has 0 fully saturated rings. The Bertz CT molecular complexity index is 1060. The Kier molecular flexibility index (Phi) is 4.73. The fourth-order valence-corrected chi connectivity index (χ4v) is 4.09. The predicted molar refractivity (Wildman–Crippen MR) is 100 cm³/mol. The third-order valence-electron chi connectivity index (χ3n) is 4.47. The van der Waals surface area contributed by atoms with E-state index in [9.17, 15) is 14.4 Å². The number of halogens is 1. The zero-order valence-electron chi connectivity index (χ0n) is 14.4. The second kappa shape index (κ2) is 7.33. The van der Waals surface area contributed by atoms with Gasteiger partial charge >= 0.3 is 0 Å². The highest BCUT2D eigenvalue weighted by Crippen LogP contribution is 2.28. The maximum Gasteiger partial charge on any atom is 0.244 e. The molecule has 0 bridgehead atoms. The summed E-state index contributed by atoms with van der Waals surface area (Å²) in [5.74, 6) is -0.850. The van der Waals surface area contributed by atoms with E-state index in [1.807, 2.05) is 18.2 Å². The van der Waals surface area contributed by atoms with E-state index in [-0.39, 0.29) is 5.91 Å². The normalized spacial score (nSPS) is 13.6. The van der Waals surface area contributed by atoms with Gasteiger partial charge in [-0.25, -0.2) is 9.37 Å². The molecule has 1 atom stereocenters. The molecule has 1 aromatic heterocycles. The van der Waals surface area contributed by atoms with Crippen molar-refractivity contribution in [2.24, 2.45) is 0 Å². The van der Waals surface area contributed by atoms with Crippen LogP contribution in [0.2, 0.25) is 0 Å². The molecule has 0 unspecified atom stereocenters. The second-order valence-electron chi connectivity index (χ2n) is 6.31. The molecular weight excluding hydrogens is 365 g/mol. The van der Waals surface area contributed by atoms with Crippen molar-refractivity contribution in [3.05, 3.63) is 58.3 Å². The number of amides is 1. The molecule has 1 aliphatic rings. The first-order valence-electron chi connectivity index (χ1n) is 8.62. The van der Waals surface area contributed by atoms with E-state index in [4.69, 9.17) is 4.74 Å². The molecule has 4 rings (SSSR count). The minimum atomic E-state index is -1.00. The number of fused-ring (bicyclic) bond motifs is 2. The molecule has 7 heteroatoms. The van der Waals surface area contributed by atoms with Gasteiger partial charge in [0.05, 0.1) is 22.9 Å². The number of carbonyl (C=O) groups is 1. The Morgan fingerprint density at radius 3 is 3.11 bits per heavy atom. The molecule has 27 heavy (non-hydrogen) atoms. The number of nitrogens with zero attached hydrogens (tertiary/aromatic N) is 2. The van der Waals surface area contributed by atoms with Gasteiger partial charge in [0.1, 0.15) is 16.6 Å². The molecule has 0 saturated heterocycles. The highest BCUT2D eigenvalue weighted by atomic mass is 32.1. The predicted octanol–water partition coefficient (Wildman–Crippen LogP) is 3.34. The summed E-state index contributed by atoms with van der Waals surface area (Å²) < 4.78 is 19.5. The van der Waals surface area contributed by atoms with Crippen LogP contribution in [-0.4, -0.2) is 24.0 Å². The van der Waals surface area contributed by atoms with Gasteiger partial charge in [-0.15, -0.1) is 11.3 Å². The van der Waals surface area contributed by atoms with Crippen molar-refractivity contribution < 1.29 is 13.9 Å². The van der Waals surface area contributed by atoms with Gasteiger partial charge in [0.15, 0.2) is 5.92 Å². The van der Waals surface area contributed by atoms with E-state index in [1.54, 1.807) is 6.07 Å². The van der Waals surface area contributed by atoms with Crippen molar-refractivity contribution in [2.45, 2.75) is 18.8 Å². The molecule has 0 saturated carbocycles. The monoisotopic (exact) mass is 381 g/mol. The van der Waals surface area contributed by atoms with Crippen LogP contribution >= 0.6 is 11.3 Å². The fourth-order valence-electron chi connectivity index (χ4n) is 3.10. The number of nitrogens with one attached hydrogen (secondary N) is 1. The third-order valence-corrected chi connectivity index (χ3v) is 5.57. The molecule has 1 aliphatic heterocycles. The topological polar surface area (TPSA) is 75.0 Å². The Balaban J connectivity index is 1.40. The first-order chi connectivity index (χ1) is 13.1. The van der Waals surface area contributed by atoms with E-state index in [0.29, 0.717) is 30.1 Å². The smallest absolute Gasteiger partial charge is 0.244 e. The molecule has 1 amide bonds. The Hall–Kier alpha value is -2.98. The summed E-state index contributed by atoms with van der Waals surface area (Å²) in [5.41, 5.74) is 2.77. The zero-order chi connectivity index (χ0) is 18.8. The number of benzene rings is 2. The van der Waals surface area contributed by atoms with Crippen molar-refractivity contribution >= 4 is 27.5 Å². The number of aromatic nitrogens is 1. The standard InChI is InChI=1S/C20H16FN3O2S/c21-14-2-4-18-16(10-14)24-20(27-18)15(11-22)19(25)23-7-5-12-1-3-17-13(9-12)6-8-26-17/h1-4,9-10,15H,5-8H2,(H,23,25)/t15-/m1/s1. The molecule has 2 aromatic carbocycles. The highest BCUT2D eigenvalue weighted by molar-refractivity contribution is 7.18. The van der Waals surface area contributed by atoms with Gasteiger partial charge in [0, 0.05) is 19.0 Å². The van der Waals surface area contributed by atoms with Gasteiger partial charge in [0.25, 0.3) is 0 Å². The lowest BCUT2D eigenvalue weighted by Gasteiger charge is -2.09. The van der Waals surface area contributed by atoms with Crippen LogP contribution in [-0.2, 0) is 17.6 Å². The first kappa shape index (κ1) is 17.4. The van der Waals surface area contributed by atoms with Crippen molar-refractivity contribution in [1.29, 1.82) is 5.26 Å². The molecule has 0 aliphatic carbocycles. The maximum atomic E-state index is 13.3. The molecule has 0 radical (unpaired) electrons. The van der Waals surface area contributed by atoms with Crippen molar-refractivity contribution in [2.75, 3.05) is 13.2 Å². The number of carbonyl (C=O) groups excluding carboxylic acids is 1. The van der Waals surface area contributed by atoms with Gasteiger partial charge in [-0.1, -0.05) is 12.1 Å². The molecule has 136 valence electrons. The summed E-state index contributed by atoms with van der Waals surface area (Å²) in [7, 11) is 0. The molecular formula is C20H16FN3O2S. The number of hydrogen-bond acceptors (Lipinski definition) is 5. The lowest BCUT2D eigenvalue weighted by molar-refractivity contribution is -0.121. The average molecular weight is 381 g/mol. The molecule has 2 heterocycles. The van der Waals surface area contributed by atoms with Gasteiger partial charge in [-0.3, -0.25) is 4.79 Å². The Morgan fingerprint density at radius 2 is 2.26 bits per heavy atom. The molecule has 0 spiro atoms. The van der Waals surface area contributed by atoms with E-state index in [2.05, 4.69) is 16.4 Å². The minimum absolute atomic E-state index is 0.380. The van der Waals surface area contributed by atoms with Crippen LogP contribution in [0.15, 0.2) is 36.4 Å². The maximum absolute atomic E-state index is 13.3. The average Bonchev–Trinajstić information content (AvgIpc) is 3.28. The van der Waals surface area contributed by atoms with Crippen molar-refractivity contribution in [3.8, 4) is 11.8 Å². The van der Waals surface area contributed by atoms with Crippen LogP contribution in [0.3, 0.4) is 0 Å². The zero-order valence-corrected chi connectivity index (χ0v) is 15.2. The van der Waals surface area contributed by atoms with Crippen LogP contribution < -0.4 is 10.1 Å². The fraction of sp³-hybridized carbons (Fsp3) is 0.250. The van der Waals surface area contributed by atoms with Crippen LogP contribution in [0.1, 0.15) is 22.1 Å². The van der Waals surface area contributed by atoms with Gasteiger partial charge in [0.2, 0.25) is 5.91 Å². The van der Waals surface area contributed by atoms with Gasteiger partial charge in [-0.2, -0.15) is 5.26 Å². The number of hydrogen-bond donors (Lipinski definition) is 1. The summed E-state index contributed by atoms with van der Waals surface area (Å²) in [6.07, 6.45) is 1.58. The second-order valence-corrected chi connectivity index (χ2v) is 7.37. The molecule has 3 aromatic rings. The minimum Gasteiger partial charge on any atom is -0.493 e. The van der Waals surface area contributed by atoms with E-state index in [0.717, 1.165) is 22.4 Å². The SMILES string of the molecule is N#C[C@H](C(=O)NCCc1ccc2c(c1)CCO2)c1nc2cc(F)ccc2s1. The summed E-state index contributed by atoms with van der Waals surface area (Å²) in [6.45, 7) is 1.14. The van der Waals surface area contributed by atoms with Gasteiger partial charge in [-0.05, 0) is 35.7 Å². The van der Waals surface area contributed by atoms with E-state index < -0.39 is 11.7 Å². The van der Waals surface area contributed by atoms with Crippen LogP contribution in [0.5, 0.6) is 5.75 Å². The molecule has 1 N–H and O–H groups in total. The van der Waals surface area contributed by atoms with Crippen LogP contribution in [0, 0.1) is 17.1 Å². The third kappa shape index (κ3) is 3.62. The number of nitriles is 1. The highest BCUT2D eigenvalue weighted by Gasteiger charge is 2.24. The van der Waals surface area contributed by atoms with Gasteiger partial charge < -0.3 is 10.1 Å². The number of thiazole rings is 1. The molecule has 5 nitrogen and oxygen atoms in total. The van der Waals surface area contributed by atoms with E-state index >= 15 is 0 Å². The summed E-state index contributed by atoms with van der Waals surface area (Å²) in [6, 6.07) is 12.3. The number of ether oxygens (including phenoxy) is 1. The summed E-state index contributed by atoms with van der Waals surface area (Å²) in [4.78, 5) is 16.7. The largest absolute Gasteiger partial charge is 0.493 e. The summed E-state index contributed by atoms with van der Waals surface area (Å²) in [5, 5.41) is 12.6. The summed E-state index contributed by atoms with van der Waals surface area (Å²) >= 11 is 1.24. The Labute approximate surface area is 159 Å². The van der Waals surface area contributed by atoms with Crippen LogP contribution in [0.4, 0.5) is 4.39 Å². The van der Waals surface area contributed by atoms with Crippen LogP contribution in [0.25, 0.3) is 10.2 Å². The van der Waals surface area contributed by atoms with Crippen molar-refractivity contribution in [1.82, 2.24) is 10.3 Å². The lowest BCUT2D eigenvalue weighted by atomic mass is 10.1.